The van der Waals surface area contributed by atoms with Gasteiger partial charge >= 0.3 is 0 Å². The molecule has 0 saturated heterocycles. The van der Waals surface area contributed by atoms with E-state index in [9.17, 15) is 13.2 Å². The van der Waals surface area contributed by atoms with E-state index in [4.69, 9.17) is 0 Å². The van der Waals surface area contributed by atoms with Crippen LogP contribution in [0.2, 0.25) is 0 Å². The van der Waals surface area contributed by atoms with Crippen molar-refractivity contribution in [2.75, 3.05) is 13.6 Å². The lowest BCUT2D eigenvalue weighted by molar-refractivity contribution is -0.121. The maximum Gasteiger partial charge on any atom is 0.255 e. The van der Waals surface area contributed by atoms with Crippen molar-refractivity contribution in [3.05, 3.63) is 64.7 Å². The second-order valence-corrected chi connectivity index (χ2v) is 8.27. The van der Waals surface area contributed by atoms with Gasteiger partial charge in [-0.05, 0) is 44.0 Å². The van der Waals surface area contributed by atoms with Gasteiger partial charge in [-0.1, -0.05) is 41.5 Å². The van der Waals surface area contributed by atoms with Gasteiger partial charge in [-0.25, -0.2) is 13.8 Å². The molecular formula is C19H23N3O3S. The Labute approximate surface area is 154 Å². The van der Waals surface area contributed by atoms with Gasteiger partial charge in [0.25, 0.3) is 5.91 Å². The number of nitrogens with zero attached hydrogens (tertiary/aromatic N) is 2. The summed E-state index contributed by atoms with van der Waals surface area (Å²) in [5.41, 5.74) is 6.35. The van der Waals surface area contributed by atoms with Crippen LogP contribution in [-0.2, 0) is 14.8 Å². The molecule has 0 fully saturated rings. The third-order valence-corrected chi connectivity index (χ3v) is 5.74. The first-order valence-corrected chi connectivity index (χ1v) is 9.56. The topological polar surface area (TPSA) is 78.8 Å². The minimum Gasteiger partial charge on any atom is -0.272 e. The number of benzene rings is 2. The summed E-state index contributed by atoms with van der Waals surface area (Å²) in [6, 6.07) is 12.4. The largest absolute Gasteiger partial charge is 0.272 e. The molecule has 2 rings (SSSR count). The molecule has 0 spiro atoms. The number of carbonyl (C=O) groups excluding carboxylic acids is 1. The molecule has 0 heterocycles. The first-order valence-electron chi connectivity index (χ1n) is 8.12. The summed E-state index contributed by atoms with van der Waals surface area (Å²) >= 11 is 0. The Bertz CT molecular complexity index is 920. The fourth-order valence-corrected chi connectivity index (χ4v) is 3.41. The molecule has 1 N–H and O–H groups in total. The fraction of sp³-hybridized carbons (Fsp3) is 0.263. The standard InChI is InChI=1S/C19H23N3O3S/c1-14-6-9-18(10-7-14)26(24,25)22(4)13-19(23)21-20-12-17-11-15(2)5-8-16(17)3/h5-12H,13H2,1-4H3,(H,21,23)/b20-12-. The Kier molecular flexibility index (Phi) is 6.28. The molecule has 0 atom stereocenters. The number of likely N-dealkylation sites (N-methyl/N-ethyl adjacent to an activating group) is 1. The molecule has 2 aromatic carbocycles. The van der Waals surface area contributed by atoms with Gasteiger partial charge in [-0.3, -0.25) is 4.79 Å². The van der Waals surface area contributed by atoms with Gasteiger partial charge in [-0.2, -0.15) is 9.41 Å². The van der Waals surface area contributed by atoms with Gasteiger partial charge in [0, 0.05) is 7.05 Å². The van der Waals surface area contributed by atoms with Gasteiger partial charge in [0.15, 0.2) is 0 Å². The summed E-state index contributed by atoms with van der Waals surface area (Å²) in [6.45, 7) is 5.48. The normalized spacial score (nSPS) is 11.9. The zero-order valence-corrected chi connectivity index (χ0v) is 16.2. The van der Waals surface area contributed by atoms with Gasteiger partial charge in [0.2, 0.25) is 10.0 Å². The van der Waals surface area contributed by atoms with E-state index in [2.05, 4.69) is 10.5 Å². The zero-order valence-electron chi connectivity index (χ0n) is 15.4. The average Bonchev–Trinajstić information content (AvgIpc) is 2.58. The second-order valence-electron chi connectivity index (χ2n) is 6.23. The number of hydrogen-bond acceptors (Lipinski definition) is 4. The number of rotatable bonds is 6. The molecule has 1 amide bonds. The summed E-state index contributed by atoms with van der Waals surface area (Å²) in [6.07, 6.45) is 1.55. The summed E-state index contributed by atoms with van der Waals surface area (Å²) in [5, 5.41) is 3.92. The Morgan fingerprint density at radius 3 is 2.35 bits per heavy atom. The van der Waals surface area contributed by atoms with Crippen LogP contribution in [0.4, 0.5) is 0 Å². The molecule has 138 valence electrons. The highest BCUT2D eigenvalue weighted by Crippen LogP contribution is 2.14. The number of aryl methyl sites for hydroxylation is 3. The predicted octanol–water partition coefficient (Wildman–Crippen LogP) is 2.38. The highest BCUT2D eigenvalue weighted by atomic mass is 32.2. The van der Waals surface area contributed by atoms with E-state index < -0.39 is 15.9 Å². The molecule has 7 heteroatoms. The molecule has 0 aliphatic heterocycles. The van der Waals surface area contributed by atoms with Crippen molar-refractivity contribution in [1.82, 2.24) is 9.73 Å². The number of amides is 1. The molecule has 0 unspecified atom stereocenters. The van der Waals surface area contributed by atoms with E-state index in [1.54, 1.807) is 18.3 Å². The van der Waals surface area contributed by atoms with Crippen LogP contribution in [0.25, 0.3) is 0 Å². The molecule has 0 bridgehead atoms. The first-order chi connectivity index (χ1) is 12.2. The maximum absolute atomic E-state index is 12.5. The molecule has 2 aromatic rings. The van der Waals surface area contributed by atoms with Crippen molar-refractivity contribution < 1.29 is 13.2 Å². The van der Waals surface area contributed by atoms with Crippen LogP contribution in [0, 0.1) is 20.8 Å². The zero-order chi connectivity index (χ0) is 19.3. The van der Waals surface area contributed by atoms with E-state index in [1.165, 1.54) is 19.2 Å². The minimum absolute atomic E-state index is 0.150. The monoisotopic (exact) mass is 373 g/mol. The van der Waals surface area contributed by atoms with Gasteiger partial charge in [0.05, 0.1) is 17.7 Å². The van der Waals surface area contributed by atoms with Crippen LogP contribution in [0.15, 0.2) is 52.5 Å². The molecule has 26 heavy (non-hydrogen) atoms. The van der Waals surface area contributed by atoms with E-state index in [0.29, 0.717) is 0 Å². The van der Waals surface area contributed by atoms with Crippen LogP contribution in [0.5, 0.6) is 0 Å². The number of hydrazone groups is 1. The Balaban J connectivity index is 1.99. The average molecular weight is 373 g/mol. The van der Waals surface area contributed by atoms with E-state index in [0.717, 1.165) is 26.6 Å². The quantitative estimate of drug-likeness (QED) is 0.624. The van der Waals surface area contributed by atoms with Crippen molar-refractivity contribution in [3.8, 4) is 0 Å². The summed E-state index contributed by atoms with van der Waals surface area (Å²) in [5.74, 6) is -0.509. The van der Waals surface area contributed by atoms with Gasteiger partial charge in [0.1, 0.15) is 0 Å². The summed E-state index contributed by atoms with van der Waals surface area (Å²) < 4.78 is 25.9. The van der Waals surface area contributed by atoms with Gasteiger partial charge < -0.3 is 0 Å². The number of carbonyl (C=O) groups is 1. The van der Waals surface area contributed by atoms with Crippen molar-refractivity contribution in [2.45, 2.75) is 25.7 Å². The summed E-state index contributed by atoms with van der Waals surface area (Å²) in [4.78, 5) is 12.1. The number of sulfonamides is 1. The van der Waals surface area contributed by atoms with Crippen molar-refractivity contribution >= 4 is 22.1 Å². The molecule has 0 aliphatic carbocycles. The Hall–Kier alpha value is -2.51. The Morgan fingerprint density at radius 2 is 1.69 bits per heavy atom. The highest BCUT2D eigenvalue weighted by molar-refractivity contribution is 7.89. The fourth-order valence-electron chi connectivity index (χ4n) is 2.29. The van der Waals surface area contributed by atoms with Crippen LogP contribution < -0.4 is 5.43 Å². The molecular weight excluding hydrogens is 350 g/mol. The predicted molar refractivity (Wildman–Crippen MR) is 103 cm³/mol. The lowest BCUT2D eigenvalue weighted by Gasteiger charge is -2.16. The Morgan fingerprint density at radius 1 is 1.08 bits per heavy atom. The lowest BCUT2D eigenvalue weighted by Crippen LogP contribution is -2.36. The SMILES string of the molecule is Cc1ccc(S(=O)(=O)N(C)CC(=O)N/N=C\c2cc(C)ccc2C)cc1. The third-order valence-electron chi connectivity index (χ3n) is 3.92. The molecule has 0 aromatic heterocycles. The second kappa shape index (κ2) is 8.25. The molecule has 0 saturated carbocycles. The van der Waals surface area contributed by atoms with Crippen molar-refractivity contribution in [3.63, 3.8) is 0 Å². The van der Waals surface area contributed by atoms with Crippen LogP contribution >= 0.6 is 0 Å². The maximum atomic E-state index is 12.5. The third kappa shape index (κ3) is 5.00. The highest BCUT2D eigenvalue weighted by Gasteiger charge is 2.22. The number of nitrogens with one attached hydrogen (secondary N) is 1. The van der Waals surface area contributed by atoms with E-state index in [-0.39, 0.29) is 11.4 Å². The molecule has 6 nitrogen and oxygen atoms in total. The molecule has 0 radical (unpaired) electrons. The van der Waals surface area contributed by atoms with Crippen LogP contribution in [0.3, 0.4) is 0 Å². The van der Waals surface area contributed by atoms with E-state index >= 15 is 0 Å². The van der Waals surface area contributed by atoms with E-state index in [1.807, 2.05) is 39.0 Å². The number of hydrogen-bond donors (Lipinski definition) is 1. The van der Waals surface area contributed by atoms with Crippen molar-refractivity contribution in [1.29, 1.82) is 0 Å². The summed E-state index contributed by atoms with van der Waals surface area (Å²) in [7, 11) is -2.36. The van der Waals surface area contributed by atoms with Crippen LogP contribution in [0.1, 0.15) is 22.3 Å². The first kappa shape index (κ1) is 19.8. The smallest absolute Gasteiger partial charge is 0.255 e. The lowest BCUT2D eigenvalue weighted by atomic mass is 10.1. The van der Waals surface area contributed by atoms with Gasteiger partial charge in [-0.15, -0.1) is 0 Å². The minimum atomic E-state index is -3.72. The molecule has 0 aliphatic rings. The van der Waals surface area contributed by atoms with Crippen LogP contribution in [-0.4, -0.2) is 38.4 Å². The van der Waals surface area contributed by atoms with Crippen molar-refractivity contribution in [2.24, 2.45) is 5.10 Å².